The molecule has 0 aliphatic carbocycles. The SMILES string of the molecule is CCCOc1cc(OCCC)c(-c2cc(F)c(CF)c(F)c2)c(OCCC)c1. The molecule has 0 atom stereocenters. The molecule has 28 heavy (non-hydrogen) atoms. The van der Waals surface area contributed by atoms with Crippen LogP contribution >= 0.6 is 0 Å². The molecule has 2 rings (SSSR count). The van der Waals surface area contributed by atoms with Gasteiger partial charge in [-0.2, -0.15) is 0 Å². The molecule has 0 heterocycles. The Balaban J connectivity index is 2.63. The van der Waals surface area contributed by atoms with Crippen molar-refractivity contribution in [2.45, 2.75) is 46.7 Å². The van der Waals surface area contributed by atoms with Gasteiger partial charge in [-0.3, -0.25) is 0 Å². The fraction of sp³-hybridized carbons (Fsp3) is 0.455. The van der Waals surface area contributed by atoms with Crippen LogP contribution in [0.1, 0.15) is 45.6 Å². The molecule has 154 valence electrons. The molecular formula is C22H27F3O3. The molecule has 2 aromatic carbocycles. The first-order valence-corrected chi connectivity index (χ1v) is 9.66. The van der Waals surface area contributed by atoms with Crippen molar-refractivity contribution in [3.63, 3.8) is 0 Å². The van der Waals surface area contributed by atoms with Gasteiger partial charge in [0, 0.05) is 12.1 Å². The maximum atomic E-state index is 14.2. The Kier molecular flexibility index (Phi) is 8.48. The zero-order valence-electron chi connectivity index (χ0n) is 16.6. The summed E-state index contributed by atoms with van der Waals surface area (Å²) in [6.07, 6.45) is 2.35. The lowest BCUT2D eigenvalue weighted by Crippen LogP contribution is -2.04. The standard InChI is InChI=1S/C22H27F3O3/c1-4-7-26-16-12-20(27-8-5-2)22(21(13-16)28-9-6-3)15-10-18(24)17(14-23)19(25)11-15/h10-13H,4-9,14H2,1-3H3. The van der Waals surface area contributed by atoms with E-state index in [9.17, 15) is 13.2 Å². The average molecular weight is 396 g/mol. The van der Waals surface area contributed by atoms with Gasteiger partial charge in [0.1, 0.15) is 35.6 Å². The number of benzene rings is 2. The molecule has 0 radical (unpaired) electrons. The molecule has 0 N–H and O–H groups in total. The van der Waals surface area contributed by atoms with Crippen LogP contribution in [0.25, 0.3) is 11.1 Å². The van der Waals surface area contributed by atoms with Crippen LogP contribution in [0.15, 0.2) is 24.3 Å². The summed E-state index contributed by atoms with van der Waals surface area (Å²) in [5.74, 6) is -0.496. The first-order chi connectivity index (χ1) is 13.5. The highest BCUT2D eigenvalue weighted by atomic mass is 19.1. The number of halogens is 3. The molecule has 0 fully saturated rings. The number of ether oxygens (including phenoxy) is 3. The van der Waals surface area contributed by atoms with Gasteiger partial charge in [0.25, 0.3) is 0 Å². The van der Waals surface area contributed by atoms with Crippen molar-refractivity contribution in [1.82, 2.24) is 0 Å². The van der Waals surface area contributed by atoms with Gasteiger partial charge in [-0.1, -0.05) is 20.8 Å². The van der Waals surface area contributed by atoms with Gasteiger partial charge in [0.2, 0.25) is 0 Å². The van der Waals surface area contributed by atoms with Gasteiger partial charge in [0.05, 0.1) is 30.9 Å². The van der Waals surface area contributed by atoms with Crippen molar-refractivity contribution in [2.75, 3.05) is 19.8 Å². The van der Waals surface area contributed by atoms with Gasteiger partial charge < -0.3 is 14.2 Å². The molecular weight excluding hydrogens is 369 g/mol. The van der Waals surface area contributed by atoms with Crippen molar-refractivity contribution in [3.8, 4) is 28.4 Å². The third-order valence-corrected chi connectivity index (χ3v) is 4.00. The Hall–Kier alpha value is -2.37. The highest BCUT2D eigenvalue weighted by molar-refractivity contribution is 5.78. The van der Waals surface area contributed by atoms with E-state index in [0.717, 1.165) is 31.4 Å². The van der Waals surface area contributed by atoms with Crippen molar-refractivity contribution in [1.29, 1.82) is 0 Å². The first kappa shape index (κ1) is 21.9. The second kappa shape index (κ2) is 10.8. The second-order valence-corrected chi connectivity index (χ2v) is 6.39. The van der Waals surface area contributed by atoms with Crippen LogP contribution in [0, 0.1) is 11.6 Å². The molecule has 0 saturated carbocycles. The average Bonchev–Trinajstić information content (AvgIpc) is 2.68. The van der Waals surface area contributed by atoms with E-state index in [1.54, 1.807) is 12.1 Å². The van der Waals surface area contributed by atoms with Crippen LogP contribution in [0.4, 0.5) is 13.2 Å². The molecule has 0 aliphatic heterocycles. The van der Waals surface area contributed by atoms with Crippen molar-refractivity contribution in [3.05, 3.63) is 41.5 Å². The summed E-state index contributed by atoms with van der Waals surface area (Å²) < 4.78 is 58.7. The molecule has 0 unspecified atom stereocenters. The largest absolute Gasteiger partial charge is 0.493 e. The van der Waals surface area contributed by atoms with Crippen LogP contribution in [-0.4, -0.2) is 19.8 Å². The van der Waals surface area contributed by atoms with Crippen LogP contribution in [-0.2, 0) is 6.67 Å². The van der Waals surface area contributed by atoms with Gasteiger partial charge in [-0.25, -0.2) is 13.2 Å². The van der Waals surface area contributed by atoms with E-state index >= 15 is 0 Å². The van der Waals surface area contributed by atoms with Crippen LogP contribution in [0.2, 0.25) is 0 Å². The van der Waals surface area contributed by atoms with Gasteiger partial charge >= 0.3 is 0 Å². The fourth-order valence-electron chi connectivity index (χ4n) is 2.68. The van der Waals surface area contributed by atoms with Crippen LogP contribution in [0.3, 0.4) is 0 Å². The lowest BCUT2D eigenvalue weighted by molar-refractivity contribution is 0.288. The van der Waals surface area contributed by atoms with Gasteiger partial charge in [-0.15, -0.1) is 0 Å². The number of hydrogen-bond donors (Lipinski definition) is 0. The quantitative estimate of drug-likeness (QED) is 0.436. The molecule has 0 saturated heterocycles. The zero-order chi connectivity index (χ0) is 20.5. The lowest BCUT2D eigenvalue weighted by atomic mass is 10.0. The fourth-order valence-corrected chi connectivity index (χ4v) is 2.68. The second-order valence-electron chi connectivity index (χ2n) is 6.39. The van der Waals surface area contributed by atoms with E-state index in [-0.39, 0.29) is 5.56 Å². The van der Waals surface area contributed by atoms with Gasteiger partial charge in [0.15, 0.2) is 0 Å². The molecule has 2 aromatic rings. The molecule has 0 aliphatic rings. The normalized spacial score (nSPS) is 10.8. The minimum absolute atomic E-state index is 0.228. The maximum Gasteiger partial charge on any atom is 0.134 e. The Morgan fingerprint density at radius 1 is 0.714 bits per heavy atom. The Morgan fingerprint density at radius 2 is 1.18 bits per heavy atom. The molecule has 0 spiro atoms. The lowest BCUT2D eigenvalue weighted by Gasteiger charge is -2.19. The van der Waals surface area contributed by atoms with Crippen molar-refractivity contribution in [2.24, 2.45) is 0 Å². The monoisotopic (exact) mass is 396 g/mol. The van der Waals surface area contributed by atoms with Gasteiger partial charge in [-0.05, 0) is 37.0 Å². The van der Waals surface area contributed by atoms with Crippen LogP contribution < -0.4 is 14.2 Å². The van der Waals surface area contributed by atoms with Crippen LogP contribution in [0.5, 0.6) is 17.2 Å². The minimum Gasteiger partial charge on any atom is -0.493 e. The predicted octanol–water partition coefficient (Wildman–Crippen LogP) is 6.47. The number of hydrogen-bond acceptors (Lipinski definition) is 3. The van der Waals surface area contributed by atoms with E-state index in [0.29, 0.717) is 42.6 Å². The number of rotatable bonds is 11. The summed E-state index contributed by atoms with van der Waals surface area (Å²) in [7, 11) is 0. The number of alkyl halides is 1. The van der Waals surface area contributed by atoms with E-state index in [1.807, 2.05) is 20.8 Å². The highest BCUT2D eigenvalue weighted by Crippen LogP contribution is 2.43. The van der Waals surface area contributed by atoms with E-state index in [4.69, 9.17) is 14.2 Å². The van der Waals surface area contributed by atoms with E-state index in [2.05, 4.69) is 0 Å². The predicted molar refractivity (Wildman–Crippen MR) is 104 cm³/mol. The summed E-state index contributed by atoms with van der Waals surface area (Å²) in [6.45, 7) is 6.07. The third kappa shape index (κ3) is 5.33. The molecule has 0 amide bonds. The summed E-state index contributed by atoms with van der Waals surface area (Å²) in [4.78, 5) is 0. The topological polar surface area (TPSA) is 27.7 Å². The smallest absolute Gasteiger partial charge is 0.134 e. The van der Waals surface area contributed by atoms with E-state index in [1.165, 1.54) is 0 Å². The van der Waals surface area contributed by atoms with Crippen molar-refractivity contribution < 1.29 is 27.4 Å². The zero-order valence-corrected chi connectivity index (χ0v) is 16.6. The summed E-state index contributed by atoms with van der Waals surface area (Å²) in [5.41, 5.74) is 0.0686. The third-order valence-electron chi connectivity index (χ3n) is 4.00. The Bertz CT molecular complexity index is 726. The van der Waals surface area contributed by atoms with Crippen molar-refractivity contribution >= 4 is 0 Å². The summed E-state index contributed by atoms with van der Waals surface area (Å²) in [5, 5.41) is 0. The molecule has 0 bridgehead atoms. The molecule has 0 aromatic heterocycles. The Morgan fingerprint density at radius 3 is 1.61 bits per heavy atom. The Labute approximate surface area is 164 Å². The molecule has 6 heteroatoms. The summed E-state index contributed by atoms with van der Waals surface area (Å²) in [6, 6.07) is 5.60. The van der Waals surface area contributed by atoms with E-state index < -0.39 is 23.9 Å². The maximum absolute atomic E-state index is 14.2. The summed E-state index contributed by atoms with van der Waals surface area (Å²) >= 11 is 0. The highest BCUT2D eigenvalue weighted by Gasteiger charge is 2.20. The first-order valence-electron chi connectivity index (χ1n) is 9.66. The minimum atomic E-state index is -1.21. The molecule has 3 nitrogen and oxygen atoms in total.